The number of carbonyl (C=O) groups is 2. The highest BCUT2D eigenvalue weighted by Gasteiger charge is 2.20. The Morgan fingerprint density at radius 2 is 1.87 bits per heavy atom. The van der Waals surface area contributed by atoms with Crippen molar-refractivity contribution in [3.05, 3.63) is 0 Å². The fourth-order valence-electron chi connectivity index (χ4n) is 1.62. The third-order valence-electron chi connectivity index (χ3n) is 2.30. The number of ketones is 1. The highest BCUT2D eigenvalue weighted by Crippen LogP contribution is 2.05. The van der Waals surface area contributed by atoms with Gasteiger partial charge in [-0.2, -0.15) is 0 Å². The van der Waals surface area contributed by atoms with E-state index in [-0.39, 0.29) is 11.4 Å². The SMILES string of the molecule is CC(C)(C)NC(=O)CN1CCC(=O)CC1. The normalized spacial score (nSPS) is 19.0. The predicted molar refractivity (Wildman–Crippen MR) is 58.6 cm³/mol. The second-order valence-corrected chi connectivity index (χ2v) is 5.11. The van der Waals surface area contributed by atoms with Crippen LogP contribution in [0.25, 0.3) is 0 Å². The number of rotatable bonds is 2. The highest BCUT2D eigenvalue weighted by molar-refractivity contribution is 5.81. The Balaban J connectivity index is 2.29. The van der Waals surface area contributed by atoms with Gasteiger partial charge < -0.3 is 5.32 Å². The zero-order chi connectivity index (χ0) is 11.5. The molecule has 0 aromatic rings. The lowest BCUT2D eigenvalue weighted by atomic mass is 10.1. The maximum atomic E-state index is 11.6. The maximum Gasteiger partial charge on any atom is 0.234 e. The average Bonchev–Trinajstić information content (AvgIpc) is 2.05. The van der Waals surface area contributed by atoms with Crippen molar-refractivity contribution in [3.8, 4) is 0 Å². The van der Waals surface area contributed by atoms with Gasteiger partial charge in [0, 0.05) is 31.5 Å². The van der Waals surface area contributed by atoms with Crippen LogP contribution in [0.1, 0.15) is 33.6 Å². The molecule has 0 spiro atoms. The molecule has 0 aliphatic carbocycles. The molecule has 1 heterocycles. The first kappa shape index (κ1) is 12.2. The Labute approximate surface area is 91.0 Å². The summed E-state index contributed by atoms with van der Waals surface area (Å²) in [5.74, 6) is 0.347. The molecule has 1 aliphatic rings. The van der Waals surface area contributed by atoms with Crippen molar-refractivity contribution in [2.24, 2.45) is 0 Å². The number of piperidine rings is 1. The van der Waals surface area contributed by atoms with Crippen molar-refractivity contribution in [1.82, 2.24) is 10.2 Å². The van der Waals surface area contributed by atoms with E-state index in [0.29, 0.717) is 25.2 Å². The molecule has 1 aliphatic heterocycles. The van der Waals surface area contributed by atoms with Crippen LogP contribution in [0.4, 0.5) is 0 Å². The number of nitrogens with one attached hydrogen (secondary N) is 1. The van der Waals surface area contributed by atoms with Gasteiger partial charge in [-0.15, -0.1) is 0 Å². The topological polar surface area (TPSA) is 49.4 Å². The van der Waals surface area contributed by atoms with Gasteiger partial charge in [-0.1, -0.05) is 0 Å². The first-order valence-electron chi connectivity index (χ1n) is 5.42. The molecule has 1 fully saturated rings. The first-order chi connectivity index (χ1) is 6.87. The second kappa shape index (κ2) is 4.75. The first-order valence-corrected chi connectivity index (χ1v) is 5.42. The second-order valence-electron chi connectivity index (χ2n) is 5.11. The monoisotopic (exact) mass is 212 g/mol. The van der Waals surface area contributed by atoms with E-state index in [1.54, 1.807) is 0 Å². The summed E-state index contributed by atoms with van der Waals surface area (Å²) in [6.45, 7) is 7.73. The van der Waals surface area contributed by atoms with Gasteiger partial charge in [0.05, 0.1) is 6.54 Å². The summed E-state index contributed by atoms with van der Waals surface area (Å²) in [5, 5.41) is 2.91. The molecule has 1 N–H and O–H groups in total. The molecule has 0 bridgehead atoms. The molecule has 0 aromatic heterocycles. The van der Waals surface area contributed by atoms with Crippen LogP contribution in [0, 0.1) is 0 Å². The van der Waals surface area contributed by atoms with E-state index < -0.39 is 0 Å². The molecule has 1 saturated heterocycles. The van der Waals surface area contributed by atoms with Gasteiger partial charge in [-0.3, -0.25) is 14.5 Å². The van der Waals surface area contributed by atoms with E-state index in [2.05, 4.69) is 5.32 Å². The molecule has 0 atom stereocenters. The Morgan fingerprint density at radius 1 is 1.33 bits per heavy atom. The fourth-order valence-corrected chi connectivity index (χ4v) is 1.62. The molecule has 0 saturated carbocycles. The van der Waals surface area contributed by atoms with E-state index in [1.807, 2.05) is 25.7 Å². The molecule has 4 heteroatoms. The van der Waals surface area contributed by atoms with Gasteiger partial charge in [-0.05, 0) is 20.8 Å². The van der Waals surface area contributed by atoms with Crippen LogP contribution in [-0.4, -0.2) is 41.8 Å². The Kier molecular flexibility index (Phi) is 3.85. The van der Waals surface area contributed by atoms with E-state index in [9.17, 15) is 9.59 Å². The summed E-state index contributed by atoms with van der Waals surface area (Å²) in [6.07, 6.45) is 1.17. The van der Waals surface area contributed by atoms with Crippen LogP contribution in [0.5, 0.6) is 0 Å². The van der Waals surface area contributed by atoms with Gasteiger partial charge in [0.25, 0.3) is 0 Å². The summed E-state index contributed by atoms with van der Waals surface area (Å²) in [5.41, 5.74) is -0.178. The zero-order valence-corrected chi connectivity index (χ0v) is 9.80. The molecule has 1 amide bonds. The van der Waals surface area contributed by atoms with Crippen molar-refractivity contribution in [2.45, 2.75) is 39.2 Å². The van der Waals surface area contributed by atoms with Crippen molar-refractivity contribution in [3.63, 3.8) is 0 Å². The van der Waals surface area contributed by atoms with E-state index in [1.165, 1.54) is 0 Å². The van der Waals surface area contributed by atoms with Crippen LogP contribution < -0.4 is 5.32 Å². The molecular weight excluding hydrogens is 192 g/mol. The maximum absolute atomic E-state index is 11.6. The van der Waals surface area contributed by atoms with Crippen molar-refractivity contribution in [1.29, 1.82) is 0 Å². The smallest absolute Gasteiger partial charge is 0.234 e. The lowest BCUT2D eigenvalue weighted by molar-refractivity contribution is -0.127. The lowest BCUT2D eigenvalue weighted by Gasteiger charge is -2.27. The largest absolute Gasteiger partial charge is 0.350 e. The number of carbonyl (C=O) groups excluding carboxylic acids is 2. The van der Waals surface area contributed by atoms with Gasteiger partial charge in [0.1, 0.15) is 5.78 Å². The fraction of sp³-hybridized carbons (Fsp3) is 0.818. The van der Waals surface area contributed by atoms with Crippen molar-refractivity contribution >= 4 is 11.7 Å². The summed E-state index contributed by atoms with van der Waals surface area (Å²) in [7, 11) is 0. The number of Topliss-reactive ketones (excluding diaryl/α,β-unsaturated/α-hetero) is 1. The average molecular weight is 212 g/mol. The van der Waals surface area contributed by atoms with Crippen LogP contribution in [0.2, 0.25) is 0 Å². The summed E-state index contributed by atoms with van der Waals surface area (Å²) >= 11 is 0. The number of likely N-dealkylation sites (tertiary alicyclic amines) is 1. The molecule has 86 valence electrons. The van der Waals surface area contributed by atoms with E-state index >= 15 is 0 Å². The van der Waals surface area contributed by atoms with Crippen LogP contribution in [-0.2, 0) is 9.59 Å². The molecule has 0 aromatic carbocycles. The highest BCUT2D eigenvalue weighted by atomic mass is 16.2. The predicted octanol–water partition coefficient (Wildman–Crippen LogP) is 0.566. The minimum absolute atomic E-state index is 0.0387. The van der Waals surface area contributed by atoms with Gasteiger partial charge >= 0.3 is 0 Å². The standard InChI is InChI=1S/C11H20N2O2/c1-11(2,3)12-10(15)8-13-6-4-9(14)5-7-13/h4-8H2,1-3H3,(H,12,15). The third-order valence-corrected chi connectivity index (χ3v) is 2.30. The summed E-state index contributed by atoms with van der Waals surface area (Å²) in [4.78, 5) is 24.6. The van der Waals surface area contributed by atoms with Gasteiger partial charge in [0.2, 0.25) is 5.91 Å². The molecular formula is C11H20N2O2. The minimum Gasteiger partial charge on any atom is -0.350 e. The Bertz CT molecular complexity index is 246. The van der Waals surface area contributed by atoms with Crippen molar-refractivity contribution < 1.29 is 9.59 Å². The third kappa shape index (κ3) is 4.93. The lowest BCUT2D eigenvalue weighted by Crippen LogP contribution is -2.47. The molecule has 1 rings (SSSR count). The van der Waals surface area contributed by atoms with Crippen LogP contribution >= 0.6 is 0 Å². The van der Waals surface area contributed by atoms with Gasteiger partial charge in [-0.25, -0.2) is 0 Å². The number of hydrogen-bond donors (Lipinski definition) is 1. The molecule has 15 heavy (non-hydrogen) atoms. The Morgan fingerprint density at radius 3 is 2.33 bits per heavy atom. The number of amides is 1. The van der Waals surface area contributed by atoms with Gasteiger partial charge in [0.15, 0.2) is 0 Å². The summed E-state index contributed by atoms with van der Waals surface area (Å²) < 4.78 is 0. The number of hydrogen-bond acceptors (Lipinski definition) is 3. The molecule has 0 unspecified atom stereocenters. The quantitative estimate of drug-likeness (QED) is 0.728. The number of nitrogens with zero attached hydrogens (tertiary/aromatic N) is 1. The van der Waals surface area contributed by atoms with Crippen molar-refractivity contribution in [2.75, 3.05) is 19.6 Å². The molecule has 4 nitrogen and oxygen atoms in total. The summed E-state index contributed by atoms with van der Waals surface area (Å²) in [6, 6.07) is 0. The van der Waals surface area contributed by atoms with Crippen LogP contribution in [0.15, 0.2) is 0 Å². The van der Waals surface area contributed by atoms with Crippen LogP contribution in [0.3, 0.4) is 0 Å². The molecule has 0 radical (unpaired) electrons. The van der Waals surface area contributed by atoms with E-state index in [4.69, 9.17) is 0 Å². The zero-order valence-electron chi connectivity index (χ0n) is 9.80. The van der Waals surface area contributed by atoms with E-state index in [0.717, 1.165) is 13.1 Å². The Hall–Kier alpha value is -0.900. The minimum atomic E-state index is -0.178.